The van der Waals surface area contributed by atoms with Crippen LogP contribution in [0.5, 0.6) is 0 Å². The van der Waals surface area contributed by atoms with Gasteiger partial charge < -0.3 is 0 Å². The first kappa shape index (κ1) is 8.54. The van der Waals surface area contributed by atoms with Crippen molar-refractivity contribution in [2.75, 3.05) is 0 Å². The molecule has 0 aliphatic rings. The first-order valence-electron chi connectivity index (χ1n) is 3.57. The van der Waals surface area contributed by atoms with E-state index < -0.39 is 6.17 Å². The second-order valence-corrected chi connectivity index (χ2v) is 2.98. The Hall–Kier alpha value is -0.560. The average molecular weight is 173 g/mol. The van der Waals surface area contributed by atoms with Crippen LogP contribution in [-0.4, -0.2) is 6.17 Å². The first-order valence-corrected chi connectivity index (χ1v) is 3.95. The summed E-state index contributed by atoms with van der Waals surface area (Å²) in [4.78, 5) is 0. The summed E-state index contributed by atoms with van der Waals surface area (Å²) in [7, 11) is 0. The summed E-state index contributed by atoms with van der Waals surface area (Å²) in [5, 5.41) is 0.650. The lowest BCUT2D eigenvalue weighted by Gasteiger charge is -2.03. The van der Waals surface area contributed by atoms with Gasteiger partial charge in [0, 0.05) is 11.4 Å². The van der Waals surface area contributed by atoms with E-state index in [1.807, 2.05) is 18.2 Å². The third kappa shape index (κ3) is 2.51. The van der Waals surface area contributed by atoms with E-state index in [1.165, 1.54) is 6.92 Å². The lowest BCUT2D eigenvalue weighted by atomic mass is 10.1. The topological polar surface area (TPSA) is 0 Å². The fraction of sp³-hybridized carbons (Fsp3) is 0.333. The summed E-state index contributed by atoms with van der Waals surface area (Å²) < 4.78 is 12.5. The van der Waals surface area contributed by atoms with E-state index in [2.05, 4.69) is 0 Å². The largest absolute Gasteiger partial charge is 0.247 e. The van der Waals surface area contributed by atoms with Crippen LogP contribution in [0.25, 0.3) is 0 Å². The van der Waals surface area contributed by atoms with Gasteiger partial charge >= 0.3 is 0 Å². The highest BCUT2D eigenvalue weighted by molar-refractivity contribution is 6.31. The van der Waals surface area contributed by atoms with Crippen LogP contribution in [0.1, 0.15) is 12.5 Å². The van der Waals surface area contributed by atoms with Crippen LogP contribution in [0.2, 0.25) is 5.02 Å². The van der Waals surface area contributed by atoms with Gasteiger partial charge in [0.2, 0.25) is 0 Å². The second kappa shape index (κ2) is 3.72. The highest BCUT2D eigenvalue weighted by Crippen LogP contribution is 2.17. The zero-order valence-electron chi connectivity index (χ0n) is 6.35. The van der Waals surface area contributed by atoms with Crippen LogP contribution in [0.3, 0.4) is 0 Å². The lowest BCUT2D eigenvalue weighted by Crippen LogP contribution is -1.98. The molecule has 1 aromatic rings. The van der Waals surface area contributed by atoms with Crippen molar-refractivity contribution in [1.82, 2.24) is 0 Å². The Balaban J connectivity index is 2.78. The number of benzene rings is 1. The molecule has 0 spiro atoms. The Morgan fingerprint density at radius 3 is 2.64 bits per heavy atom. The molecule has 0 saturated carbocycles. The van der Waals surface area contributed by atoms with Gasteiger partial charge in [0.25, 0.3) is 0 Å². The van der Waals surface area contributed by atoms with E-state index in [1.54, 1.807) is 6.07 Å². The van der Waals surface area contributed by atoms with Crippen molar-refractivity contribution in [2.45, 2.75) is 19.5 Å². The number of hydrogen-bond acceptors (Lipinski definition) is 0. The average Bonchev–Trinajstić information content (AvgIpc) is 1.93. The van der Waals surface area contributed by atoms with Gasteiger partial charge in [0.1, 0.15) is 6.17 Å². The predicted octanol–water partition coefficient (Wildman–Crippen LogP) is 3.24. The van der Waals surface area contributed by atoms with E-state index in [0.29, 0.717) is 11.4 Å². The van der Waals surface area contributed by atoms with Crippen LogP contribution in [0.4, 0.5) is 4.39 Å². The fourth-order valence-electron chi connectivity index (χ4n) is 0.967. The molecule has 1 unspecified atom stereocenters. The Bertz CT molecular complexity index is 233. The van der Waals surface area contributed by atoms with E-state index in [-0.39, 0.29) is 0 Å². The minimum absolute atomic E-state index is 0.402. The molecule has 0 fully saturated rings. The van der Waals surface area contributed by atoms with Gasteiger partial charge in [-0.25, -0.2) is 4.39 Å². The molecule has 0 bridgehead atoms. The van der Waals surface area contributed by atoms with Gasteiger partial charge in [-0.15, -0.1) is 0 Å². The molecule has 60 valence electrons. The lowest BCUT2D eigenvalue weighted by molar-refractivity contribution is 0.360. The monoisotopic (exact) mass is 172 g/mol. The smallest absolute Gasteiger partial charge is 0.101 e. The molecule has 11 heavy (non-hydrogen) atoms. The standard InChI is InChI=1S/C9H10ClF/c1-7(11)6-8-4-2-3-5-9(8)10/h2-5,7H,6H2,1H3. The van der Waals surface area contributed by atoms with E-state index in [9.17, 15) is 4.39 Å². The van der Waals surface area contributed by atoms with Gasteiger partial charge in [-0.05, 0) is 18.6 Å². The molecule has 1 atom stereocenters. The minimum atomic E-state index is -0.824. The second-order valence-electron chi connectivity index (χ2n) is 2.58. The van der Waals surface area contributed by atoms with Crippen LogP contribution in [0, 0.1) is 0 Å². The minimum Gasteiger partial charge on any atom is -0.247 e. The predicted molar refractivity (Wildman–Crippen MR) is 45.7 cm³/mol. The normalized spacial score (nSPS) is 13.0. The molecule has 0 amide bonds. The maximum atomic E-state index is 12.5. The fourth-order valence-corrected chi connectivity index (χ4v) is 1.18. The summed E-state index contributed by atoms with van der Waals surface area (Å²) in [5.74, 6) is 0. The van der Waals surface area contributed by atoms with Crippen molar-refractivity contribution >= 4 is 11.6 Å². The molecule has 0 saturated heterocycles. The van der Waals surface area contributed by atoms with Gasteiger partial charge in [-0.3, -0.25) is 0 Å². The molecule has 0 radical (unpaired) electrons. The maximum absolute atomic E-state index is 12.5. The third-order valence-corrected chi connectivity index (χ3v) is 1.83. The molecular formula is C9H10ClF. The van der Waals surface area contributed by atoms with E-state index in [4.69, 9.17) is 11.6 Å². The van der Waals surface area contributed by atoms with Gasteiger partial charge in [0.15, 0.2) is 0 Å². The number of halogens is 2. The highest BCUT2D eigenvalue weighted by Gasteiger charge is 2.03. The summed E-state index contributed by atoms with van der Waals surface area (Å²) in [6, 6.07) is 7.33. The van der Waals surface area contributed by atoms with Crippen LogP contribution in [0.15, 0.2) is 24.3 Å². The Kier molecular flexibility index (Phi) is 2.89. The quantitative estimate of drug-likeness (QED) is 0.643. The molecule has 0 aromatic heterocycles. The molecule has 0 heterocycles. The zero-order chi connectivity index (χ0) is 8.27. The van der Waals surface area contributed by atoms with Crippen LogP contribution >= 0.6 is 11.6 Å². The summed E-state index contributed by atoms with van der Waals surface area (Å²) in [5.41, 5.74) is 0.879. The Morgan fingerprint density at radius 2 is 2.09 bits per heavy atom. The van der Waals surface area contributed by atoms with Crippen molar-refractivity contribution in [3.05, 3.63) is 34.9 Å². The summed E-state index contributed by atoms with van der Waals surface area (Å²) in [6.45, 7) is 1.53. The third-order valence-electron chi connectivity index (χ3n) is 1.46. The molecule has 0 N–H and O–H groups in total. The van der Waals surface area contributed by atoms with E-state index in [0.717, 1.165) is 5.56 Å². The first-order chi connectivity index (χ1) is 5.20. The van der Waals surface area contributed by atoms with Crippen molar-refractivity contribution in [1.29, 1.82) is 0 Å². The van der Waals surface area contributed by atoms with Crippen molar-refractivity contribution in [3.63, 3.8) is 0 Å². The maximum Gasteiger partial charge on any atom is 0.101 e. The molecule has 1 rings (SSSR count). The van der Waals surface area contributed by atoms with Crippen molar-refractivity contribution in [3.8, 4) is 0 Å². The van der Waals surface area contributed by atoms with Gasteiger partial charge in [-0.2, -0.15) is 0 Å². The molecule has 0 nitrogen and oxygen atoms in total. The van der Waals surface area contributed by atoms with Crippen molar-refractivity contribution < 1.29 is 4.39 Å². The Morgan fingerprint density at radius 1 is 1.45 bits per heavy atom. The highest BCUT2D eigenvalue weighted by atomic mass is 35.5. The summed E-state index contributed by atoms with van der Waals surface area (Å²) >= 11 is 5.80. The Labute approximate surface area is 71.0 Å². The molecule has 1 aromatic carbocycles. The molecule has 0 aliphatic carbocycles. The molecule has 2 heteroatoms. The van der Waals surface area contributed by atoms with Crippen LogP contribution in [-0.2, 0) is 6.42 Å². The number of hydrogen-bond donors (Lipinski definition) is 0. The van der Waals surface area contributed by atoms with Crippen molar-refractivity contribution in [2.24, 2.45) is 0 Å². The molecular weight excluding hydrogens is 163 g/mol. The van der Waals surface area contributed by atoms with Crippen LogP contribution < -0.4 is 0 Å². The number of alkyl halides is 1. The van der Waals surface area contributed by atoms with Gasteiger partial charge in [-0.1, -0.05) is 29.8 Å². The van der Waals surface area contributed by atoms with E-state index >= 15 is 0 Å². The van der Waals surface area contributed by atoms with Gasteiger partial charge in [0.05, 0.1) is 0 Å². The number of rotatable bonds is 2. The SMILES string of the molecule is CC(F)Cc1ccccc1Cl. The molecule has 0 aliphatic heterocycles. The zero-order valence-corrected chi connectivity index (χ0v) is 7.11. The summed E-state index contributed by atoms with van der Waals surface area (Å²) in [6.07, 6.45) is -0.422.